The van der Waals surface area contributed by atoms with Crippen molar-refractivity contribution >= 4 is 11.6 Å². The molecule has 0 spiro atoms. The van der Waals surface area contributed by atoms with Crippen LogP contribution in [0.15, 0.2) is 24.3 Å². The molecule has 2 rings (SSSR count). The second kappa shape index (κ2) is 3.82. The van der Waals surface area contributed by atoms with Crippen molar-refractivity contribution in [3.05, 3.63) is 29.8 Å². The highest BCUT2D eigenvalue weighted by Gasteiger charge is 2.28. The minimum Gasteiger partial charge on any atom is -0.309 e. The molecule has 76 valence electrons. The second-order valence-electron chi connectivity index (χ2n) is 3.66. The number of hydrogen-bond acceptors (Lipinski definition) is 1. The molecule has 2 nitrogen and oxygen atoms in total. The lowest BCUT2D eigenvalue weighted by molar-refractivity contribution is -0.117. The van der Waals surface area contributed by atoms with Crippen molar-refractivity contribution in [1.29, 1.82) is 0 Å². The van der Waals surface area contributed by atoms with E-state index in [1.54, 1.807) is 0 Å². The first kappa shape index (κ1) is 10.8. The maximum absolute atomic E-state index is 11.6. The van der Waals surface area contributed by atoms with Crippen molar-refractivity contribution in [3.8, 4) is 0 Å². The molecule has 0 fully saturated rings. The Kier molecular flexibility index (Phi) is 2.94. The van der Waals surface area contributed by atoms with E-state index in [1.165, 1.54) is 0 Å². The van der Waals surface area contributed by atoms with Gasteiger partial charge in [0.15, 0.2) is 0 Å². The molecule has 0 atom stereocenters. The van der Waals surface area contributed by atoms with E-state index in [0.717, 1.165) is 11.3 Å². The largest absolute Gasteiger partial charge is 0.309 e. The maximum atomic E-state index is 11.6. The van der Waals surface area contributed by atoms with Crippen LogP contribution in [0.5, 0.6) is 0 Å². The van der Waals surface area contributed by atoms with E-state index < -0.39 is 0 Å². The molecule has 1 aliphatic heterocycles. The number of hydrogen-bond donors (Lipinski definition) is 0. The summed E-state index contributed by atoms with van der Waals surface area (Å²) in [5.74, 6) is 0.219. The van der Waals surface area contributed by atoms with Gasteiger partial charge in [0.05, 0.1) is 6.42 Å². The minimum atomic E-state index is 0. The molecular weight excluding hydrogens is 174 g/mol. The summed E-state index contributed by atoms with van der Waals surface area (Å²) in [6, 6.07) is 8.26. The summed E-state index contributed by atoms with van der Waals surface area (Å²) in [4.78, 5) is 13.5. The SMILES string of the molecule is C.CC(C)N1C(=O)Cc2ccccc21. The molecule has 14 heavy (non-hydrogen) atoms. The summed E-state index contributed by atoms with van der Waals surface area (Å²) >= 11 is 0. The summed E-state index contributed by atoms with van der Waals surface area (Å²) in [6.07, 6.45) is 0.564. The average molecular weight is 191 g/mol. The number of fused-ring (bicyclic) bond motifs is 1. The first-order valence-electron chi connectivity index (χ1n) is 4.60. The third-order valence-electron chi connectivity index (χ3n) is 2.38. The Bertz CT molecular complexity index is 344. The van der Waals surface area contributed by atoms with E-state index in [-0.39, 0.29) is 19.4 Å². The van der Waals surface area contributed by atoms with Gasteiger partial charge in [0, 0.05) is 11.7 Å². The van der Waals surface area contributed by atoms with Crippen molar-refractivity contribution < 1.29 is 4.79 Å². The van der Waals surface area contributed by atoms with Crippen molar-refractivity contribution in [1.82, 2.24) is 0 Å². The number of anilines is 1. The molecule has 1 heterocycles. The van der Waals surface area contributed by atoms with Crippen LogP contribution in [0, 0.1) is 0 Å². The van der Waals surface area contributed by atoms with Gasteiger partial charge in [-0.3, -0.25) is 4.79 Å². The molecular formula is C12H17NO. The third kappa shape index (κ3) is 1.52. The number of rotatable bonds is 1. The Morgan fingerprint density at radius 2 is 1.93 bits per heavy atom. The van der Waals surface area contributed by atoms with Crippen molar-refractivity contribution in [2.45, 2.75) is 33.7 Å². The van der Waals surface area contributed by atoms with Gasteiger partial charge in [-0.05, 0) is 25.5 Å². The predicted octanol–water partition coefficient (Wildman–Crippen LogP) is 2.62. The standard InChI is InChI=1S/C11H13NO.CH4/c1-8(2)12-10-6-4-3-5-9(10)7-11(12)13;/h3-6,8H,7H2,1-2H3;1H4. The quantitative estimate of drug-likeness (QED) is 0.668. The fourth-order valence-corrected chi connectivity index (χ4v) is 1.84. The summed E-state index contributed by atoms with van der Waals surface area (Å²) < 4.78 is 0. The van der Waals surface area contributed by atoms with E-state index in [1.807, 2.05) is 43.0 Å². The van der Waals surface area contributed by atoms with E-state index >= 15 is 0 Å². The van der Waals surface area contributed by atoms with Gasteiger partial charge in [0.1, 0.15) is 0 Å². The van der Waals surface area contributed by atoms with Crippen LogP contribution in [0.25, 0.3) is 0 Å². The molecule has 0 aromatic heterocycles. The fraction of sp³-hybridized carbons (Fsp3) is 0.417. The van der Waals surface area contributed by atoms with E-state index in [9.17, 15) is 4.79 Å². The first-order chi connectivity index (χ1) is 6.20. The summed E-state index contributed by atoms with van der Waals surface area (Å²) in [5, 5.41) is 0. The van der Waals surface area contributed by atoms with Crippen LogP contribution in [0.4, 0.5) is 5.69 Å². The fourth-order valence-electron chi connectivity index (χ4n) is 1.84. The van der Waals surface area contributed by atoms with Crippen molar-refractivity contribution in [3.63, 3.8) is 0 Å². The van der Waals surface area contributed by atoms with Gasteiger partial charge in [-0.2, -0.15) is 0 Å². The van der Waals surface area contributed by atoms with Crippen LogP contribution in [-0.2, 0) is 11.2 Å². The number of nitrogens with zero attached hydrogens (tertiary/aromatic N) is 1. The molecule has 0 unspecified atom stereocenters. The summed E-state index contributed by atoms with van der Waals surface area (Å²) in [5.41, 5.74) is 2.24. The smallest absolute Gasteiger partial charge is 0.231 e. The summed E-state index contributed by atoms with van der Waals surface area (Å²) in [6.45, 7) is 4.08. The van der Waals surface area contributed by atoms with Crippen molar-refractivity contribution in [2.24, 2.45) is 0 Å². The lowest BCUT2D eigenvalue weighted by Gasteiger charge is -2.21. The zero-order valence-electron chi connectivity index (χ0n) is 7.95. The minimum absolute atomic E-state index is 0. The molecule has 0 bridgehead atoms. The molecule has 1 aromatic carbocycles. The van der Waals surface area contributed by atoms with Gasteiger partial charge in [-0.1, -0.05) is 25.6 Å². The first-order valence-corrected chi connectivity index (χ1v) is 4.60. The van der Waals surface area contributed by atoms with Crippen LogP contribution >= 0.6 is 0 Å². The number of para-hydroxylation sites is 1. The van der Waals surface area contributed by atoms with Crippen LogP contribution in [0.3, 0.4) is 0 Å². The number of benzene rings is 1. The van der Waals surface area contributed by atoms with Gasteiger partial charge in [0.25, 0.3) is 0 Å². The molecule has 1 amide bonds. The normalized spacial score (nSPS) is 14.2. The molecule has 1 aliphatic rings. The highest BCUT2D eigenvalue weighted by atomic mass is 16.2. The highest BCUT2D eigenvalue weighted by molar-refractivity contribution is 6.01. The van der Waals surface area contributed by atoms with E-state index in [0.29, 0.717) is 6.42 Å². The van der Waals surface area contributed by atoms with E-state index in [2.05, 4.69) is 0 Å². The van der Waals surface area contributed by atoms with Crippen LogP contribution in [0.1, 0.15) is 26.8 Å². The molecule has 0 aliphatic carbocycles. The Hall–Kier alpha value is -1.31. The monoisotopic (exact) mass is 191 g/mol. The third-order valence-corrected chi connectivity index (χ3v) is 2.38. The Morgan fingerprint density at radius 3 is 2.57 bits per heavy atom. The predicted molar refractivity (Wildman–Crippen MR) is 59.5 cm³/mol. The van der Waals surface area contributed by atoms with Crippen LogP contribution in [-0.4, -0.2) is 11.9 Å². The van der Waals surface area contributed by atoms with E-state index in [4.69, 9.17) is 0 Å². The molecule has 1 aromatic rings. The van der Waals surface area contributed by atoms with Crippen LogP contribution < -0.4 is 4.90 Å². The van der Waals surface area contributed by atoms with Gasteiger partial charge < -0.3 is 4.90 Å². The van der Waals surface area contributed by atoms with Crippen molar-refractivity contribution in [2.75, 3.05) is 4.90 Å². The number of carbonyl (C=O) groups excluding carboxylic acids is 1. The molecule has 0 N–H and O–H groups in total. The zero-order valence-corrected chi connectivity index (χ0v) is 7.95. The molecule has 0 saturated heterocycles. The lowest BCUT2D eigenvalue weighted by atomic mass is 10.2. The Labute approximate surface area is 85.5 Å². The van der Waals surface area contributed by atoms with Gasteiger partial charge >= 0.3 is 0 Å². The summed E-state index contributed by atoms with van der Waals surface area (Å²) in [7, 11) is 0. The molecule has 2 heteroatoms. The number of amides is 1. The molecule has 0 saturated carbocycles. The zero-order chi connectivity index (χ0) is 9.42. The Morgan fingerprint density at radius 1 is 1.29 bits per heavy atom. The number of carbonyl (C=O) groups is 1. The molecule has 0 radical (unpaired) electrons. The van der Waals surface area contributed by atoms with Crippen LogP contribution in [0.2, 0.25) is 0 Å². The topological polar surface area (TPSA) is 20.3 Å². The van der Waals surface area contributed by atoms with Gasteiger partial charge in [-0.15, -0.1) is 0 Å². The van der Waals surface area contributed by atoms with Gasteiger partial charge in [-0.25, -0.2) is 0 Å². The van der Waals surface area contributed by atoms with Gasteiger partial charge in [0.2, 0.25) is 5.91 Å². The highest BCUT2D eigenvalue weighted by Crippen LogP contribution is 2.29. The lowest BCUT2D eigenvalue weighted by Crippen LogP contribution is -2.33. The Balaban J connectivity index is 0.000000980. The maximum Gasteiger partial charge on any atom is 0.231 e. The average Bonchev–Trinajstić information content (AvgIpc) is 2.39. The second-order valence-corrected chi connectivity index (χ2v) is 3.66.